The van der Waals surface area contributed by atoms with Gasteiger partial charge in [-0.2, -0.15) is 5.26 Å². The van der Waals surface area contributed by atoms with Crippen LogP contribution in [0.3, 0.4) is 0 Å². The van der Waals surface area contributed by atoms with Gasteiger partial charge in [-0.15, -0.1) is 11.8 Å². The molecule has 0 N–H and O–H groups in total. The highest BCUT2D eigenvalue weighted by molar-refractivity contribution is 7.98. The fraction of sp³-hybridized carbons (Fsp3) is 0.250. The first-order valence-corrected chi connectivity index (χ1v) is 4.90. The molecule has 0 aromatic carbocycles. The van der Waals surface area contributed by atoms with Gasteiger partial charge in [0.25, 0.3) is 0 Å². The van der Waals surface area contributed by atoms with Crippen molar-refractivity contribution in [2.45, 2.75) is 11.9 Å². The average Bonchev–Trinajstić information content (AvgIpc) is 2.03. The molecule has 1 aromatic heterocycles. The molecule has 0 aliphatic heterocycles. The van der Waals surface area contributed by atoms with Gasteiger partial charge in [0, 0.05) is 0 Å². The molecule has 12 heavy (non-hydrogen) atoms. The summed E-state index contributed by atoms with van der Waals surface area (Å²) in [6.45, 7) is 1.85. The molecule has 0 fully saturated rings. The third kappa shape index (κ3) is 1.71. The van der Waals surface area contributed by atoms with Crippen LogP contribution in [-0.4, -0.2) is 11.2 Å². The second-order valence-corrected chi connectivity index (χ2v) is 3.44. The third-order valence-electron chi connectivity index (χ3n) is 1.46. The van der Waals surface area contributed by atoms with E-state index in [0.717, 1.165) is 5.56 Å². The number of thioether (sulfide) groups is 1. The molecule has 1 rings (SSSR count). The molecule has 0 radical (unpaired) electrons. The molecule has 0 amide bonds. The van der Waals surface area contributed by atoms with Crippen LogP contribution in [0.25, 0.3) is 0 Å². The molecular weight excluding hydrogens is 192 g/mol. The van der Waals surface area contributed by atoms with Gasteiger partial charge < -0.3 is 0 Å². The number of aryl methyl sites for hydroxylation is 1. The summed E-state index contributed by atoms with van der Waals surface area (Å²) in [6.07, 6.45) is 1.87. The molecule has 0 unspecified atom stereocenters. The Labute approximate surface area is 80.6 Å². The highest BCUT2D eigenvalue weighted by atomic mass is 35.5. The predicted octanol–water partition coefficient (Wildman–Crippen LogP) is 2.64. The SMILES string of the molecule is CSc1nc(Cl)cc(C)c1C#N. The van der Waals surface area contributed by atoms with Crippen molar-refractivity contribution in [1.82, 2.24) is 4.98 Å². The molecule has 0 aliphatic rings. The maximum atomic E-state index is 8.77. The summed E-state index contributed by atoms with van der Waals surface area (Å²) in [5.41, 5.74) is 1.49. The van der Waals surface area contributed by atoms with Crippen LogP contribution in [0.15, 0.2) is 11.1 Å². The lowest BCUT2D eigenvalue weighted by Gasteiger charge is -2.02. The zero-order valence-corrected chi connectivity index (χ0v) is 8.33. The summed E-state index contributed by atoms with van der Waals surface area (Å²) in [7, 11) is 0. The van der Waals surface area contributed by atoms with E-state index in [2.05, 4.69) is 11.1 Å². The molecular formula is C8H7ClN2S. The summed E-state index contributed by atoms with van der Waals surface area (Å²) < 4.78 is 0. The molecule has 0 spiro atoms. The van der Waals surface area contributed by atoms with Gasteiger partial charge in [-0.05, 0) is 24.8 Å². The summed E-state index contributed by atoms with van der Waals surface area (Å²) in [6, 6.07) is 3.79. The number of pyridine rings is 1. The first-order chi connectivity index (χ1) is 5.69. The number of halogens is 1. The van der Waals surface area contributed by atoms with Crippen molar-refractivity contribution in [3.8, 4) is 6.07 Å². The van der Waals surface area contributed by atoms with Crippen LogP contribution in [0.5, 0.6) is 0 Å². The van der Waals surface area contributed by atoms with E-state index in [4.69, 9.17) is 16.9 Å². The molecule has 0 aliphatic carbocycles. The van der Waals surface area contributed by atoms with Gasteiger partial charge in [-0.25, -0.2) is 4.98 Å². The Morgan fingerprint density at radius 3 is 2.83 bits per heavy atom. The molecule has 2 nitrogen and oxygen atoms in total. The summed E-state index contributed by atoms with van der Waals surface area (Å²) >= 11 is 7.15. The minimum Gasteiger partial charge on any atom is -0.228 e. The van der Waals surface area contributed by atoms with Crippen molar-refractivity contribution in [3.05, 3.63) is 22.3 Å². The standard InChI is InChI=1S/C8H7ClN2S/c1-5-3-7(9)11-8(12-2)6(5)4-10/h3H,1-2H3. The molecule has 0 bridgehead atoms. The lowest BCUT2D eigenvalue weighted by Crippen LogP contribution is -1.90. The van der Waals surface area contributed by atoms with E-state index in [0.29, 0.717) is 15.7 Å². The fourth-order valence-corrected chi connectivity index (χ4v) is 1.79. The van der Waals surface area contributed by atoms with Gasteiger partial charge >= 0.3 is 0 Å². The third-order valence-corrected chi connectivity index (χ3v) is 2.33. The minimum atomic E-state index is 0.441. The average molecular weight is 199 g/mol. The van der Waals surface area contributed by atoms with Crippen LogP contribution in [-0.2, 0) is 0 Å². The van der Waals surface area contributed by atoms with E-state index in [-0.39, 0.29) is 0 Å². The maximum absolute atomic E-state index is 8.77. The topological polar surface area (TPSA) is 36.7 Å². The minimum absolute atomic E-state index is 0.441. The van der Waals surface area contributed by atoms with Crippen molar-refractivity contribution < 1.29 is 0 Å². The Bertz CT molecular complexity index is 344. The highest BCUT2D eigenvalue weighted by Gasteiger charge is 2.06. The van der Waals surface area contributed by atoms with Crippen LogP contribution in [0.1, 0.15) is 11.1 Å². The Morgan fingerprint density at radius 1 is 1.67 bits per heavy atom. The second-order valence-electron chi connectivity index (χ2n) is 2.26. The van der Waals surface area contributed by atoms with E-state index in [1.807, 2.05) is 13.2 Å². The Morgan fingerprint density at radius 2 is 2.33 bits per heavy atom. The van der Waals surface area contributed by atoms with Crippen molar-refractivity contribution in [1.29, 1.82) is 5.26 Å². The fourth-order valence-electron chi connectivity index (χ4n) is 0.888. The van der Waals surface area contributed by atoms with Gasteiger partial charge in [0.1, 0.15) is 16.2 Å². The van der Waals surface area contributed by atoms with Gasteiger partial charge in [0.2, 0.25) is 0 Å². The van der Waals surface area contributed by atoms with E-state index < -0.39 is 0 Å². The van der Waals surface area contributed by atoms with E-state index in [1.165, 1.54) is 11.8 Å². The van der Waals surface area contributed by atoms with Gasteiger partial charge in [0.15, 0.2) is 0 Å². The Hall–Kier alpha value is -0.720. The molecule has 1 aromatic rings. The highest BCUT2D eigenvalue weighted by Crippen LogP contribution is 2.22. The Balaban J connectivity index is 3.36. The van der Waals surface area contributed by atoms with E-state index in [1.54, 1.807) is 6.07 Å². The number of hydrogen-bond acceptors (Lipinski definition) is 3. The zero-order chi connectivity index (χ0) is 9.14. The zero-order valence-electron chi connectivity index (χ0n) is 6.76. The molecule has 0 atom stereocenters. The van der Waals surface area contributed by atoms with Crippen LogP contribution in [0.4, 0.5) is 0 Å². The monoisotopic (exact) mass is 198 g/mol. The van der Waals surface area contributed by atoms with Crippen molar-refractivity contribution in [3.63, 3.8) is 0 Å². The molecule has 1 heterocycles. The maximum Gasteiger partial charge on any atom is 0.130 e. The first kappa shape index (κ1) is 9.37. The molecule has 62 valence electrons. The number of rotatable bonds is 1. The molecule has 4 heteroatoms. The normalized spacial score (nSPS) is 9.50. The summed E-state index contributed by atoms with van der Waals surface area (Å²) in [5.74, 6) is 0. The quantitative estimate of drug-likeness (QED) is 0.514. The van der Waals surface area contributed by atoms with Gasteiger partial charge in [-0.1, -0.05) is 11.6 Å². The largest absolute Gasteiger partial charge is 0.228 e. The van der Waals surface area contributed by atoms with Gasteiger partial charge in [0.05, 0.1) is 5.56 Å². The number of nitrogens with zero attached hydrogens (tertiary/aromatic N) is 2. The van der Waals surface area contributed by atoms with Crippen molar-refractivity contribution in [2.75, 3.05) is 6.26 Å². The lowest BCUT2D eigenvalue weighted by atomic mass is 10.2. The number of hydrogen-bond donors (Lipinski definition) is 0. The van der Waals surface area contributed by atoms with Crippen molar-refractivity contribution in [2.24, 2.45) is 0 Å². The number of nitriles is 1. The predicted molar refractivity (Wildman–Crippen MR) is 50.5 cm³/mol. The van der Waals surface area contributed by atoms with E-state index >= 15 is 0 Å². The van der Waals surface area contributed by atoms with Crippen LogP contribution in [0.2, 0.25) is 5.15 Å². The Kier molecular flexibility index (Phi) is 2.96. The van der Waals surface area contributed by atoms with E-state index in [9.17, 15) is 0 Å². The summed E-state index contributed by atoms with van der Waals surface area (Å²) in [4.78, 5) is 4.03. The second kappa shape index (κ2) is 3.79. The first-order valence-electron chi connectivity index (χ1n) is 3.30. The number of aromatic nitrogens is 1. The summed E-state index contributed by atoms with van der Waals surface area (Å²) in [5, 5.41) is 9.91. The lowest BCUT2D eigenvalue weighted by molar-refractivity contribution is 1.09. The van der Waals surface area contributed by atoms with Gasteiger partial charge in [-0.3, -0.25) is 0 Å². The van der Waals surface area contributed by atoms with Crippen molar-refractivity contribution >= 4 is 23.4 Å². The van der Waals surface area contributed by atoms with Crippen LogP contribution in [0, 0.1) is 18.3 Å². The molecule has 0 saturated carbocycles. The smallest absolute Gasteiger partial charge is 0.130 e. The van der Waals surface area contributed by atoms with Crippen LogP contribution < -0.4 is 0 Å². The molecule has 0 saturated heterocycles. The van der Waals surface area contributed by atoms with Crippen LogP contribution >= 0.6 is 23.4 Å².